The fourth-order valence-corrected chi connectivity index (χ4v) is 1.51. The van der Waals surface area contributed by atoms with Crippen molar-refractivity contribution < 1.29 is 4.79 Å². The van der Waals surface area contributed by atoms with E-state index in [0.717, 1.165) is 16.5 Å². The van der Waals surface area contributed by atoms with Crippen molar-refractivity contribution in [2.75, 3.05) is 13.1 Å². The molecule has 0 aliphatic carbocycles. The summed E-state index contributed by atoms with van der Waals surface area (Å²) in [6, 6.07) is 9.73. The van der Waals surface area contributed by atoms with E-state index >= 15 is 0 Å². The Hall–Kier alpha value is -2.38. The van der Waals surface area contributed by atoms with Gasteiger partial charge >= 0.3 is 0 Å². The number of hydrogen-bond donors (Lipinski definition) is 2. The van der Waals surface area contributed by atoms with Crippen molar-refractivity contribution in [1.29, 1.82) is 0 Å². The van der Waals surface area contributed by atoms with E-state index in [2.05, 4.69) is 22.1 Å². The van der Waals surface area contributed by atoms with Gasteiger partial charge in [-0.1, -0.05) is 24.0 Å². The molecule has 18 heavy (non-hydrogen) atoms. The van der Waals surface area contributed by atoms with E-state index in [1.165, 1.54) is 0 Å². The Balaban J connectivity index is 2.08. The van der Waals surface area contributed by atoms with Crippen molar-refractivity contribution >= 4 is 16.8 Å². The van der Waals surface area contributed by atoms with E-state index in [4.69, 9.17) is 5.73 Å². The zero-order valence-electron chi connectivity index (χ0n) is 9.81. The van der Waals surface area contributed by atoms with E-state index in [0.29, 0.717) is 6.54 Å². The van der Waals surface area contributed by atoms with Crippen LogP contribution in [-0.4, -0.2) is 24.0 Å². The summed E-state index contributed by atoms with van der Waals surface area (Å²) in [5.41, 5.74) is 6.95. The Labute approximate surface area is 105 Å². The van der Waals surface area contributed by atoms with Crippen molar-refractivity contribution in [2.24, 2.45) is 5.73 Å². The fraction of sp³-hybridized carbons (Fsp3) is 0.143. The number of nitrogens with one attached hydrogen (secondary N) is 1. The molecule has 1 aromatic heterocycles. The molecule has 1 heterocycles. The maximum atomic E-state index is 10.9. The van der Waals surface area contributed by atoms with Crippen LogP contribution in [0.4, 0.5) is 0 Å². The molecule has 0 aliphatic rings. The first-order valence-electron chi connectivity index (χ1n) is 5.60. The molecule has 0 unspecified atom stereocenters. The normalized spacial score (nSPS) is 9.61. The Morgan fingerprint density at radius 2 is 2.28 bits per heavy atom. The molecule has 90 valence electrons. The lowest BCUT2D eigenvalue weighted by molar-refractivity contribution is -0.119. The van der Waals surface area contributed by atoms with Gasteiger partial charge in [-0.3, -0.25) is 9.78 Å². The van der Waals surface area contributed by atoms with Crippen LogP contribution in [0.3, 0.4) is 0 Å². The molecule has 2 aromatic rings. The third kappa shape index (κ3) is 3.06. The van der Waals surface area contributed by atoms with Crippen LogP contribution in [0.2, 0.25) is 0 Å². The third-order valence-corrected chi connectivity index (χ3v) is 2.40. The number of carbonyl (C=O) groups is 1. The van der Waals surface area contributed by atoms with Gasteiger partial charge in [0.25, 0.3) is 0 Å². The van der Waals surface area contributed by atoms with Crippen molar-refractivity contribution in [3.63, 3.8) is 0 Å². The van der Waals surface area contributed by atoms with Gasteiger partial charge in [0, 0.05) is 17.1 Å². The summed E-state index contributed by atoms with van der Waals surface area (Å²) in [5, 5.41) is 3.67. The number of hydrogen-bond acceptors (Lipinski definition) is 3. The number of carbonyl (C=O) groups excluding carboxylic acids is 1. The quantitative estimate of drug-likeness (QED) is 0.756. The summed E-state index contributed by atoms with van der Waals surface area (Å²) >= 11 is 0. The van der Waals surface area contributed by atoms with Crippen LogP contribution in [0, 0.1) is 11.8 Å². The number of nitrogens with zero attached hydrogens (tertiary/aromatic N) is 1. The number of rotatable bonds is 2. The molecule has 2 rings (SSSR count). The molecule has 4 heteroatoms. The lowest BCUT2D eigenvalue weighted by Crippen LogP contribution is -2.30. The molecule has 0 aliphatic heterocycles. The van der Waals surface area contributed by atoms with E-state index < -0.39 is 0 Å². The van der Waals surface area contributed by atoms with Gasteiger partial charge in [-0.15, -0.1) is 0 Å². The number of aromatic nitrogens is 1. The predicted octanol–water partition coefficient (Wildman–Crippen LogP) is 0.661. The molecule has 1 amide bonds. The zero-order valence-corrected chi connectivity index (χ0v) is 9.81. The third-order valence-electron chi connectivity index (χ3n) is 2.40. The molecule has 0 atom stereocenters. The van der Waals surface area contributed by atoms with E-state index in [-0.39, 0.29) is 12.5 Å². The second-order valence-corrected chi connectivity index (χ2v) is 3.69. The van der Waals surface area contributed by atoms with Crippen LogP contribution in [0.1, 0.15) is 5.56 Å². The second kappa shape index (κ2) is 5.80. The predicted molar refractivity (Wildman–Crippen MR) is 70.7 cm³/mol. The van der Waals surface area contributed by atoms with E-state index in [9.17, 15) is 4.79 Å². The number of amides is 1. The molecule has 0 spiro atoms. The highest BCUT2D eigenvalue weighted by molar-refractivity contribution is 5.80. The summed E-state index contributed by atoms with van der Waals surface area (Å²) in [4.78, 5) is 15.1. The highest BCUT2D eigenvalue weighted by Gasteiger charge is 1.94. The number of benzene rings is 1. The van der Waals surface area contributed by atoms with Crippen molar-refractivity contribution in [3.8, 4) is 11.8 Å². The Morgan fingerprint density at radius 1 is 1.39 bits per heavy atom. The lowest BCUT2D eigenvalue weighted by atomic mass is 10.1. The highest BCUT2D eigenvalue weighted by Crippen LogP contribution is 2.12. The smallest absolute Gasteiger partial charge is 0.234 e. The van der Waals surface area contributed by atoms with Crippen LogP contribution < -0.4 is 11.1 Å². The monoisotopic (exact) mass is 239 g/mol. The summed E-state index contributed by atoms with van der Waals surface area (Å²) in [5.74, 6) is 5.63. The van der Waals surface area contributed by atoms with Gasteiger partial charge in [0.15, 0.2) is 0 Å². The Bertz CT molecular complexity index is 625. The average molecular weight is 239 g/mol. The Morgan fingerprint density at radius 3 is 3.11 bits per heavy atom. The molecule has 0 bridgehead atoms. The standard InChI is InChI=1S/C14H13N3O/c15-10-14(18)17-8-1-3-11-5-6-12-4-2-7-16-13(12)9-11/h2,4-7,9H,8,10,15H2,(H,17,18). The van der Waals surface area contributed by atoms with Gasteiger partial charge in [-0.05, 0) is 18.2 Å². The minimum atomic E-state index is -0.204. The van der Waals surface area contributed by atoms with Crippen LogP contribution in [0.25, 0.3) is 10.9 Å². The number of nitrogens with two attached hydrogens (primary N) is 1. The minimum absolute atomic E-state index is 0.0123. The largest absolute Gasteiger partial charge is 0.344 e. The molecular formula is C14H13N3O. The van der Waals surface area contributed by atoms with Crippen LogP contribution in [-0.2, 0) is 4.79 Å². The second-order valence-electron chi connectivity index (χ2n) is 3.69. The van der Waals surface area contributed by atoms with Gasteiger partial charge in [0.2, 0.25) is 5.91 Å². The van der Waals surface area contributed by atoms with Gasteiger partial charge in [0.05, 0.1) is 18.6 Å². The first kappa shape index (κ1) is 12.1. The molecule has 0 saturated carbocycles. The maximum absolute atomic E-state index is 10.9. The summed E-state index contributed by atoms with van der Waals surface area (Å²) in [6.45, 7) is 0.290. The van der Waals surface area contributed by atoms with Gasteiger partial charge in [0.1, 0.15) is 0 Å². The molecule has 0 saturated heterocycles. The van der Waals surface area contributed by atoms with Crippen molar-refractivity contribution in [1.82, 2.24) is 10.3 Å². The highest BCUT2D eigenvalue weighted by atomic mass is 16.1. The van der Waals surface area contributed by atoms with Gasteiger partial charge in [-0.25, -0.2) is 0 Å². The molecule has 0 fully saturated rings. The summed E-state index contributed by atoms with van der Waals surface area (Å²) in [7, 11) is 0. The minimum Gasteiger partial charge on any atom is -0.344 e. The first-order valence-corrected chi connectivity index (χ1v) is 5.60. The molecule has 1 aromatic carbocycles. The number of fused-ring (bicyclic) bond motifs is 1. The molecular weight excluding hydrogens is 226 g/mol. The van der Waals surface area contributed by atoms with Crippen LogP contribution >= 0.6 is 0 Å². The molecule has 4 nitrogen and oxygen atoms in total. The Kier molecular flexibility index (Phi) is 3.90. The maximum Gasteiger partial charge on any atom is 0.234 e. The molecule has 0 radical (unpaired) electrons. The molecule has 3 N–H and O–H groups in total. The fourth-order valence-electron chi connectivity index (χ4n) is 1.51. The SMILES string of the molecule is NCC(=O)NCC#Cc1ccc2cccnc2c1. The summed E-state index contributed by atoms with van der Waals surface area (Å²) in [6.07, 6.45) is 1.75. The van der Waals surface area contributed by atoms with Gasteiger partial charge in [-0.2, -0.15) is 0 Å². The number of pyridine rings is 1. The first-order chi connectivity index (χ1) is 8.79. The van der Waals surface area contributed by atoms with Gasteiger partial charge < -0.3 is 11.1 Å². The van der Waals surface area contributed by atoms with E-state index in [1.54, 1.807) is 6.20 Å². The van der Waals surface area contributed by atoms with Crippen molar-refractivity contribution in [3.05, 3.63) is 42.1 Å². The van der Waals surface area contributed by atoms with E-state index in [1.807, 2.05) is 30.3 Å². The average Bonchev–Trinajstić information content (AvgIpc) is 2.43. The topological polar surface area (TPSA) is 68.0 Å². The van der Waals surface area contributed by atoms with Crippen LogP contribution in [0.5, 0.6) is 0 Å². The van der Waals surface area contributed by atoms with Crippen LogP contribution in [0.15, 0.2) is 36.5 Å². The lowest BCUT2D eigenvalue weighted by Gasteiger charge is -1.97. The van der Waals surface area contributed by atoms with Crippen molar-refractivity contribution in [2.45, 2.75) is 0 Å². The zero-order chi connectivity index (χ0) is 12.8. The summed E-state index contributed by atoms with van der Waals surface area (Å²) < 4.78 is 0.